The Kier molecular flexibility index (Phi) is 9.06. The summed E-state index contributed by atoms with van der Waals surface area (Å²) >= 11 is 14.1. The maximum Gasteiger partial charge on any atom is 0.319 e. The highest BCUT2D eigenvalue weighted by Crippen LogP contribution is 2.31. The number of thioether (sulfide) groups is 1. The van der Waals surface area contributed by atoms with Crippen LogP contribution < -0.4 is 10.6 Å². The zero-order chi connectivity index (χ0) is 27.9. The summed E-state index contributed by atoms with van der Waals surface area (Å²) in [5, 5.41) is 16.5. The Morgan fingerprint density at radius 1 is 0.850 bits per heavy atom. The number of amides is 2. The van der Waals surface area contributed by atoms with Gasteiger partial charge in [-0.25, -0.2) is 4.79 Å². The number of benzene rings is 4. The van der Waals surface area contributed by atoms with Crippen molar-refractivity contribution in [2.75, 3.05) is 5.32 Å². The van der Waals surface area contributed by atoms with Gasteiger partial charge in [0, 0.05) is 17.9 Å². The van der Waals surface area contributed by atoms with Crippen molar-refractivity contribution in [3.63, 3.8) is 0 Å². The number of hydrogen-bond donors (Lipinski definition) is 2. The summed E-state index contributed by atoms with van der Waals surface area (Å²) in [4.78, 5) is 13.3. The minimum absolute atomic E-state index is 0.279. The van der Waals surface area contributed by atoms with Gasteiger partial charge >= 0.3 is 6.03 Å². The Balaban J connectivity index is 1.50. The summed E-state index contributed by atoms with van der Waals surface area (Å²) in [5.74, 6) is 1.35. The van der Waals surface area contributed by atoms with Gasteiger partial charge in [-0.15, -0.1) is 10.2 Å². The topological polar surface area (TPSA) is 71.8 Å². The second-order valence-corrected chi connectivity index (χ2v) is 11.0. The molecule has 9 heteroatoms. The zero-order valence-corrected chi connectivity index (χ0v) is 24.0. The maximum atomic E-state index is 13.3. The lowest BCUT2D eigenvalue weighted by molar-refractivity contribution is 0.247. The van der Waals surface area contributed by atoms with E-state index in [0.29, 0.717) is 23.0 Å². The van der Waals surface area contributed by atoms with E-state index < -0.39 is 12.1 Å². The Morgan fingerprint density at radius 2 is 1.52 bits per heavy atom. The molecule has 1 aromatic heterocycles. The predicted molar refractivity (Wildman–Crippen MR) is 164 cm³/mol. The van der Waals surface area contributed by atoms with E-state index in [1.807, 2.05) is 72.2 Å². The molecular weight excluding hydrogens is 561 g/mol. The first-order chi connectivity index (χ1) is 19.5. The predicted octanol–water partition coefficient (Wildman–Crippen LogP) is 8.28. The number of anilines is 1. The van der Waals surface area contributed by atoms with Crippen LogP contribution in [0.4, 0.5) is 10.5 Å². The third-order valence-corrected chi connectivity index (χ3v) is 8.08. The molecule has 0 fully saturated rings. The normalized spacial score (nSPS) is 11.7. The Bertz CT molecular complexity index is 1580. The lowest BCUT2D eigenvalue weighted by Crippen LogP contribution is -2.35. The van der Waals surface area contributed by atoms with Gasteiger partial charge in [-0.05, 0) is 42.3 Å². The molecule has 0 saturated carbocycles. The monoisotopic (exact) mass is 587 g/mol. The van der Waals surface area contributed by atoms with Crippen molar-refractivity contribution in [2.24, 2.45) is 0 Å². The van der Waals surface area contributed by atoms with Gasteiger partial charge in [0.1, 0.15) is 0 Å². The van der Waals surface area contributed by atoms with Gasteiger partial charge < -0.3 is 10.6 Å². The molecule has 0 bridgehead atoms. The van der Waals surface area contributed by atoms with Crippen LogP contribution in [-0.4, -0.2) is 20.8 Å². The number of aryl methyl sites for hydroxylation is 1. The SMILES string of the molecule is Cc1ccc(-n2c(SCc3ccccc3)nnc2C(Cc2ccccc2)NC(=O)Nc2cccc(Cl)c2Cl)cc1. The molecule has 1 unspecified atom stereocenters. The van der Waals surface area contributed by atoms with E-state index >= 15 is 0 Å². The lowest BCUT2D eigenvalue weighted by Gasteiger charge is -2.21. The van der Waals surface area contributed by atoms with Gasteiger partial charge in [-0.1, -0.05) is 119 Å². The van der Waals surface area contributed by atoms with Crippen molar-refractivity contribution >= 4 is 46.7 Å². The fourth-order valence-electron chi connectivity index (χ4n) is 4.23. The van der Waals surface area contributed by atoms with Gasteiger partial charge in [-0.2, -0.15) is 0 Å². The smallest absolute Gasteiger partial charge is 0.319 e. The fourth-order valence-corrected chi connectivity index (χ4v) is 5.50. The summed E-state index contributed by atoms with van der Waals surface area (Å²) in [6.45, 7) is 2.05. The molecule has 202 valence electrons. The van der Waals surface area contributed by atoms with Crippen LogP contribution in [-0.2, 0) is 12.2 Å². The highest BCUT2D eigenvalue weighted by molar-refractivity contribution is 7.98. The molecular formula is C31H27Cl2N5OS. The molecule has 4 aromatic carbocycles. The number of aromatic nitrogens is 3. The Labute approximate surface area is 247 Å². The molecule has 5 rings (SSSR count). The quantitative estimate of drug-likeness (QED) is 0.170. The molecule has 2 N–H and O–H groups in total. The fraction of sp³-hybridized carbons (Fsp3) is 0.129. The van der Waals surface area contributed by atoms with Crippen LogP contribution in [0.15, 0.2) is 108 Å². The second kappa shape index (κ2) is 13.0. The van der Waals surface area contributed by atoms with Crippen molar-refractivity contribution in [1.29, 1.82) is 0 Å². The average Bonchev–Trinajstić information content (AvgIpc) is 3.39. The average molecular weight is 589 g/mol. The van der Waals surface area contributed by atoms with Gasteiger partial charge in [0.2, 0.25) is 0 Å². The first-order valence-electron chi connectivity index (χ1n) is 12.7. The summed E-state index contributed by atoms with van der Waals surface area (Å²) in [7, 11) is 0. The summed E-state index contributed by atoms with van der Waals surface area (Å²) in [6, 6.07) is 32.6. The molecule has 6 nitrogen and oxygen atoms in total. The molecule has 1 heterocycles. The molecule has 40 heavy (non-hydrogen) atoms. The van der Waals surface area contributed by atoms with E-state index in [1.165, 1.54) is 5.56 Å². The minimum atomic E-state index is -0.500. The molecule has 5 aromatic rings. The van der Waals surface area contributed by atoms with E-state index in [9.17, 15) is 4.79 Å². The number of hydrogen-bond acceptors (Lipinski definition) is 4. The molecule has 0 spiro atoms. The minimum Gasteiger partial charge on any atom is -0.327 e. The number of carbonyl (C=O) groups excluding carboxylic acids is 1. The van der Waals surface area contributed by atoms with Crippen LogP contribution in [0.3, 0.4) is 0 Å². The summed E-state index contributed by atoms with van der Waals surface area (Å²) < 4.78 is 2.02. The first-order valence-corrected chi connectivity index (χ1v) is 14.5. The lowest BCUT2D eigenvalue weighted by atomic mass is 10.1. The largest absolute Gasteiger partial charge is 0.327 e. The number of urea groups is 1. The molecule has 0 saturated heterocycles. The van der Waals surface area contributed by atoms with Crippen LogP contribution in [0.2, 0.25) is 10.0 Å². The first kappa shape index (κ1) is 27.8. The summed E-state index contributed by atoms with van der Waals surface area (Å²) in [6.07, 6.45) is 0.505. The zero-order valence-electron chi connectivity index (χ0n) is 21.7. The number of carbonyl (C=O) groups is 1. The van der Waals surface area contributed by atoms with Crippen molar-refractivity contribution < 1.29 is 4.79 Å². The van der Waals surface area contributed by atoms with Gasteiger partial charge in [0.25, 0.3) is 0 Å². The Hall–Kier alpha value is -3.78. The van der Waals surface area contributed by atoms with Crippen LogP contribution in [0.1, 0.15) is 28.6 Å². The van der Waals surface area contributed by atoms with Crippen molar-refractivity contribution in [2.45, 2.75) is 30.3 Å². The van der Waals surface area contributed by atoms with Crippen molar-refractivity contribution in [3.05, 3.63) is 136 Å². The third kappa shape index (κ3) is 6.86. The standard InChI is InChI=1S/C31H27Cl2N5OS/c1-21-15-17-24(18-16-21)38-29(36-37-31(38)40-20-23-11-6-3-7-12-23)27(19-22-9-4-2-5-10-22)35-30(39)34-26-14-8-13-25(32)28(26)33/h2-18,27H,19-20H2,1H3,(H2,34,35,39). The highest BCUT2D eigenvalue weighted by atomic mass is 35.5. The number of halogens is 2. The molecule has 2 amide bonds. The van der Waals surface area contributed by atoms with E-state index in [-0.39, 0.29) is 5.02 Å². The number of nitrogens with one attached hydrogen (secondary N) is 2. The van der Waals surface area contributed by atoms with E-state index in [2.05, 4.69) is 45.1 Å². The molecule has 1 atom stereocenters. The van der Waals surface area contributed by atoms with E-state index in [0.717, 1.165) is 27.7 Å². The van der Waals surface area contributed by atoms with Gasteiger partial charge in [0.05, 0.1) is 21.8 Å². The van der Waals surface area contributed by atoms with Gasteiger partial charge in [-0.3, -0.25) is 4.57 Å². The second-order valence-electron chi connectivity index (χ2n) is 9.23. The Morgan fingerprint density at radius 3 is 2.23 bits per heavy atom. The maximum absolute atomic E-state index is 13.3. The van der Waals surface area contributed by atoms with Crippen molar-refractivity contribution in [1.82, 2.24) is 20.1 Å². The number of nitrogens with zero attached hydrogens (tertiary/aromatic N) is 3. The van der Waals surface area contributed by atoms with Crippen molar-refractivity contribution in [3.8, 4) is 5.69 Å². The van der Waals surface area contributed by atoms with Crippen LogP contribution in [0.25, 0.3) is 5.69 Å². The van der Waals surface area contributed by atoms with Crippen LogP contribution in [0.5, 0.6) is 0 Å². The third-order valence-electron chi connectivity index (χ3n) is 6.26. The summed E-state index contributed by atoms with van der Waals surface area (Å²) in [5.41, 5.74) is 4.71. The van der Waals surface area contributed by atoms with Crippen LogP contribution in [0, 0.1) is 6.92 Å². The van der Waals surface area contributed by atoms with Gasteiger partial charge in [0.15, 0.2) is 11.0 Å². The molecule has 0 aliphatic heterocycles. The molecule has 0 aliphatic rings. The molecule has 0 radical (unpaired) electrons. The van der Waals surface area contributed by atoms with E-state index in [1.54, 1.807) is 30.0 Å². The molecule has 0 aliphatic carbocycles. The van der Waals surface area contributed by atoms with E-state index in [4.69, 9.17) is 23.2 Å². The highest BCUT2D eigenvalue weighted by Gasteiger charge is 2.25. The van der Waals surface area contributed by atoms with Crippen LogP contribution >= 0.6 is 35.0 Å². The number of rotatable bonds is 9.